The van der Waals surface area contributed by atoms with Gasteiger partial charge in [0.1, 0.15) is 5.82 Å². The Morgan fingerprint density at radius 1 is 0.968 bits per heavy atom. The number of amides is 1. The van der Waals surface area contributed by atoms with Crippen molar-refractivity contribution < 1.29 is 22.3 Å². The lowest BCUT2D eigenvalue weighted by atomic mass is 10.2. The molecule has 1 amide bonds. The van der Waals surface area contributed by atoms with Crippen molar-refractivity contribution in [2.24, 2.45) is 0 Å². The predicted octanol–water partition coefficient (Wildman–Crippen LogP) is 2.67. The first-order valence-corrected chi connectivity index (χ1v) is 12.5. The molecule has 0 spiro atoms. The molecule has 10 heteroatoms. The summed E-state index contributed by atoms with van der Waals surface area (Å²) in [6.45, 7) is 5.65. The summed E-state index contributed by atoms with van der Waals surface area (Å²) in [5.74, 6) is -0.408. The molecular formula is C21H26FN3O4S2. The number of morpholine rings is 1. The summed E-state index contributed by atoms with van der Waals surface area (Å²) in [4.78, 5) is 16.1. The highest BCUT2D eigenvalue weighted by atomic mass is 32.2. The molecule has 2 atom stereocenters. The Kier molecular flexibility index (Phi) is 6.45. The van der Waals surface area contributed by atoms with Crippen LogP contribution in [0.5, 0.6) is 0 Å². The summed E-state index contributed by atoms with van der Waals surface area (Å²) < 4.78 is 47.8. The minimum Gasteiger partial charge on any atom is -0.373 e. The van der Waals surface area contributed by atoms with Crippen molar-refractivity contribution in [3.05, 3.63) is 47.1 Å². The Morgan fingerprint density at radius 3 is 2.19 bits per heavy atom. The molecule has 2 saturated heterocycles. The summed E-state index contributed by atoms with van der Waals surface area (Å²) in [6.07, 6.45) is -0.286. The fourth-order valence-corrected chi connectivity index (χ4v) is 6.71. The zero-order chi connectivity index (χ0) is 22.2. The number of rotatable bonds is 4. The second-order valence-electron chi connectivity index (χ2n) is 7.94. The van der Waals surface area contributed by atoms with E-state index in [9.17, 15) is 17.6 Å². The average molecular weight is 468 g/mol. The minimum atomic E-state index is -3.58. The predicted molar refractivity (Wildman–Crippen MR) is 118 cm³/mol. The molecule has 0 radical (unpaired) electrons. The third-order valence-corrected chi connectivity index (χ3v) is 8.60. The van der Waals surface area contributed by atoms with Gasteiger partial charge in [-0.05, 0) is 43.7 Å². The molecule has 0 aliphatic carbocycles. The number of hydrogen-bond donors (Lipinski definition) is 0. The fourth-order valence-electron chi connectivity index (χ4n) is 3.98. The van der Waals surface area contributed by atoms with E-state index in [1.807, 2.05) is 19.9 Å². The number of benzene rings is 1. The standard InChI is InChI=1S/C21H26FN3O4S2/c1-15-13-25(14-16(2)29-15)31(27,28)24-11-9-23(10-12-24)21(26)20-8-7-19(30-20)17-3-5-18(22)6-4-17/h3-8,15-16H,9-14H2,1-2H3. The molecule has 2 aliphatic rings. The normalized spacial score (nSPS) is 23.8. The van der Waals surface area contributed by atoms with Crippen LogP contribution in [0.25, 0.3) is 10.4 Å². The third kappa shape index (κ3) is 4.83. The summed E-state index contributed by atoms with van der Waals surface area (Å²) in [6, 6.07) is 9.79. The number of ether oxygens (including phenoxy) is 1. The molecule has 2 fully saturated rings. The Labute approximate surface area is 186 Å². The lowest BCUT2D eigenvalue weighted by molar-refractivity contribution is -0.0457. The van der Waals surface area contributed by atoms with Crippen molar-refractivity contribution in [1.29, 1.82) is 0 Å². The van der Waals surface area contributed by atoms with Gasteiger partial charge in [0.05, 0.1) is 17.1 Å². The Bertz CT molecular complexity index is 1020. The topological polar surface area (TPSA) is 70.2 Å². The molecule has 2 unspecified atom stereocenters. The number of carbonyl (C=O) groups excluding carboxylic acids is 1. The maximum atomic E-state index is 13.1. The zero-order valence-corrected chi connectivity index (χ0v) is 19.2. The molecule has 1 aromatic carbocycles. The van der Waals surface area contributed by atoms with E-state index in [0.717, 1.165) is 10.4 Å². The van der Waals surface area contributed by atoms with Gasteiger partial charge in [-0.3, -0.25) is 4.79 Å². The van der Waals surface area contributed by atoms with Gasteiger partial charge in [-0.2, -0.15) is 17.0 Å². The molecule has 2 aliphatic heterocycles. The lowest BCUT2D eigenvalue weighted by Gasteiger charge is -2.40. The Hall–Kier alpha value is -1.85. The molecule has 3 heterocycles. The van der Waals surface area contributed by atoms with Crippen molar-refractivity contribution in [3.63, 3.8) is 0 Å². The van der Waals surface area contributed by atoms with Crippen LogP contribution in [0, 0.1) is 5.82 Å². The van der Waals surface area contributed by atoms with Crippen molar-refractivity contribution >= 4 is 27.5 Å². The number of carbonyl (C=O) groups is 1. The van der Waals surface area contributed by atoms with E-state index in [1.54, 1.807) is 23.1 Å². The van der Waals surface area contributed by atoms with Gasteiger partial charge in [0, 0.05) is 44.1 Å². The van der Waals surface area contributed by atoms with E-state index in [2.05, 4.69) is 0 Å². The van der Waals surface area contributed by atoms with Crippen molar-refractivity contribution in [3.8, 4) is 10.4 Å². The molecule has 7 nitrogen and oxygen atoms in total. The van der Waals surface area contributed by atoms with Crippen LogP contribution in [0.4, 0.5) is 4.39 Å². The number of halogens is 1. The molecule has 1 aromatic heterocycles. The number of hydrogen-bond acceptors (Lipinski definition) is 5. The van der Waals surface area contributed by atoms with Crippen LogP contribution in [-0.4, -0.2) is 79.3 Å². The van der Waals surface area contributed by atoms with Gasteiger partial charge in [-0.15, -0.1) is 11.3 Å². The first-order chi connectivity index (χ1) is 14.7. The van der Waals surface area contributed by atoms with Crippen LogP contribution >= 0.6 is 11.3 Å². The SMILES string of the molecule is CC1CN(S(=O)(=O)N2CCN(C(=O)c3ccc(-c4ccc(F)cc4)s3)CC2)CC(C)O1. The highest BCUT2D eigenvalue weighted by Gasteiger charge is 2.37. The molecule has 0 bridgehead atoms. The maximum Gasteiger partial charge on any atom is 0.282 e. The number of piperazine rings is 1. The second-order valence-corrected chi connectivity index (χ2v) is 11.0. The molecule has 0 saturated carbocycles. The van der Waals surface area contributed by atoms with E-state index in [0.29, 0.717) is 31.1 Å². The average Bonchev–Trinajstić information content (AvgIpc) is 3.23. The second kappa shape index (κ2) is 8.95. The van der Waals surface area contributed by atoms with Crippen LogP contribution in [0.3, 0.4) is 0 Å². The molecule has 2 aromatic rings. The number of thiophene rings is 1. The Balaban J connectivity index is 1.38. The fraction of sp³-hybridized carbons (Fsp3) is 0.476. The lowest BCUT2D eigenvalue weighted by Crippen LogP contribution is -2.57. The maximum absolute atomic E-state index is 13.1. The van der Waals surface area contributed by atoms with Gasteiger partial charge in [0.15, 0.2) is 0 Å². The van der Waals surface area contributed by atoms with Crippen LogP contribution in [0.15, 0.2) is 36.4 Å². The van der Waals surface area contributed by atoms with Crippen molar-refractivity contribution in [1.82, 2.24) is 13.5 Å². The molecule has 168 valence electrons. The Morgan fingerprint density at radius 2 is 1.58 bits per heavy atom. The van der Waals surface area contributed by atoms with Gasteiger partial charge < -0.3 is 9.64 Å². The van der Waals surface area contributed by atoms with Gasteiger partial charge in [-0.25, -0.2) is 4.39 Å². The summed E-state index contributed by atoms with van der Waals surface area (Å²) in [5.41, 5.74) is 0.857. The van der Waals surface area contributed by atoms with Gasteiger partial charge in [-0.1, -0.05) is 12.1 Å². The highest BCUT2D eigenvalue weighted by molar-refractivity contribution is 7.86. The quantitative estimate of drug-likeness (QED) is 0.693. The number of nitrogens with zero attached hydrogens (tertiary/aromatic N) is 3. The van der Waals surface area contributed by atoms with Gasteiger partial charge in [0.25, 0.3) is 16.1 Å². The smallest absolute Gasteiger partial charge is 0.282 e. The summed E-state index contributed by atoms with van der Waals surface area (Å²) in [5, 5.41) is 0. The highest BCUT2D eigenvalue weighted by Crippen LogP contribution is 2.29. The first-order valence-electron chi connectivity index (χ1n) is 10.3. The molecule has 4 rings (SSSR count). The molecule has 31 heavy (non-hydrogen) atoms. The summed E-state index contributed by atoms with van der Waals surface area (Å²) in [7, 11) is -3.58. The minimum absolute atomic E-state index is 0.107. The molecule has 0 N–H and O–H groups in total. The summed E-state index contributed by atoms with van der Waals surface area (Å²) >= 11 is 1.36. The monoisotopic (exact) mass is 467 g/mol. The van der Waals surface area contributed by atoms with Crippen LogP contribution in [-0.2, 0) is 14.9 Å². The third-order valence-electron chi connectivity index (χ3n) is 5.51. The van der Waals surface area contributed by atoms with Crippen LogP contribution in [0.1, 0.15) is 23.5 Å². The van der Waals surface area contributed by atoms with Gasteiger partial charge >= 0.3 is 0 Å². The zero-order valence-electron chi connectivity index (χ0n) is 17.5. The van der Waals surface area contributed by atoms with Crippen molar-refractivity contribution in [2.75, 3.05) is 39.3 Å². The van der Waals surface area contributed by atoms with E-state index in [1.165, 1.54) is 32.1 Å². The van der Waals surface area contributed by atoms with Crippen LogP contribution in [0.2, 0.25) is 0 Å². The molecular weight excluding hydrogens is 441 g/mol. The van der Waals surface area contributed by atoms with E-state index in [4.69, 9.17) is 4.74 Å². The van der Waals surface area contributed by atoms with E-state index in [-0.39, 0.29) is 37.0 Å². The first kappa shape index (κ1) is 22.3. The van der Waals surface area contributed by atoms with E-state index >= 15 is 0 Å². The van der Waals surface area contributed by atoms with Gasteiger partial charge in [0.2, 0.25) is 0 Å². The van der Waals surface area contributed by atoms with Crippen molar-refractivity contribution in [2.45, 2.75) is 26.1 Å². The van der Waals surface area contributed by atoms with E-state index < -0.39 is 10.2 Å². The largest absolute Gasteiger partial charge is 0.373 e. The van der Waals surface area contributed by atoms with Crippen LogP contribution < -0.4 is 0 Å².